The molecule has 1 fully saturated rings. The first-order chi connectivity index (χ1) is 23.5. The van der Waals surface area contributed by atoms with E-state index in [1.54, 1.807) is 44.5 Å². The summed E-state index contributed by atoms with van der Waals surface area (Å²) < 4.78 is 20.2. The van der Waals surface area contributed by atoms with Crippen molar-refractivity contribution < 1.29 is 23.8 Å². The first kappa shape index (κ1) is 34.8. The molecule has 1 atom stereocenters. The zero-order chi connectivity index (χ0) is 34.9. The van der Waals surface area contributed by atoms with Crippen LogP contribution in [0.3, 0.4) is 0 Å². The zero-order valence-corrected chi connectivity index (χ0v) is 29.1. The van der Waals surface area contributed by atoms with E-state index < -0.39 is 17.3 Å². The molecular weight excluding hydrogens is 672 g/mol. The summed E-state index contributed by atoms with van der Waals surface area (Å²) >= 11 is 13.9. The van der Waals surface area contributed by atoms with Crippen molar-refractivity contribution in [2.45, 2.75) is 39.3 Å². The molecular formula is C35H38Cl2FN7O4. The molecule has 3 aromatic heterocycles. The van der Waals surface area contributed by atoms with E-state index in [9.17, 15) is 19.1 Å². The number of halogens is 3. The van der Waals surface area contributed by atoms with Gasteiger partial charge in [0, 0.05) is 74.8 Å². The van der Waals surface area contributed by atoms with Crippen LogP contribution in [0.25, 0.3) is 22.5 Å². The molecule has 2 aliphatic heterocycles. The third kappa shape index (κ3) is 7.00. The molecule has 1 amide bonds. The van der Waals surface area contributed by atoms with Crippen molar-refractivity contribution >= 4 is 40.8 Å². The summed E-state index contributed by atoms with van der Waals surface area (Å²) in [6.07, 6.45) is 3.39. The fourth-order valence-electron chi connectivity index (χ4n) is 6.60. The second-order valence-electron chi connectivity index (χ2n) is 12.8. The molecule has 5 heterocycles. The molecule has 2 N–H and O–H groups in total. The number of hydrogen-bond acceptors (Lipinski definition) is 8. The van der Waals surface area contributed by atoms with Gasteiger partial charge in [-0.15, -0.1) is 0 Å². The normalized spacial score (nSPS) is 18.0. The van der Waals surface area contributed by atoms with E-state index in [0.29, 0.717) is 84.7 Å². The van der Waals surface area contributed by atoms with E-state index in [1.807, 2.05) is 23.7 Å². The van der Waals surface area contributed by atoms with Gasteiger partial charge in [0.25, 0.3) is 5.91 Å². The molecule has 258 valence electrons. The van der Waals surface area contributed by atoms with Crippen LogP contribution in [0.5, 0.6) is 5.88 Å². The van der Waals surface area contributed by atoms with E-state index in [0.717, 1.165) is 29.9 Å². The Morgan fingerprint density at radius 2 is 1.90 bits per heavy atom. The van der Waals surface area contributed by atoms with Gasteiger partial charge < -0.3 is 19.7 Å². The van der Waals surface area contributed by atoms with E-state index in [1.165, 1.54) is 0 Å². The number of alkyl halides is 1. The highest BCUT2D eigenvalue weighted by Crippen LogP contribution is 2.40. The number of ether oxygens (including phenoxy) is 1. The van der Waals surface area contributed by atoms with Gasteiger partial charge in [0.15, 0.2) is 5.82 Å². The number of hydrogen-bond donors (Lipinski definition) is 2. The zero-order valence-electron chi connectivity index (χ0n) is 27.6. The van der Waals surface area contributed by atoms with Crippen molar-refractivity contribution in [3.05, 3.63) is 75.4 Å². The van der Waals surface area contributed by atoms with Gasteiger partial charge in [-0.25, -0.2) is 9.97 Å². The quantitative estimate of drug-likeness (QED) is 0.189. The number of fused-ring (bicyclic) bond motifs is 1. The van der Waals surface area contributed by atoms with Crippen molar-refractivity contribution in [1.29, 1.82) is 0 Å². The number of imidazole rings is 1. The number of pyridine rings is 2. The Morgan fingerprint density at radius 1 is 1.08 bits per heavy atom. The van der Waals surface area contributed by atoms with Crippen molar-refractivity contribution in [3.63, 3.8) is 0 Å². The van der Waals surface area contributed by atoms with Crippen LogP contribution in [0, 0.1) is 5.41 Å². The molecule has 4 aromatic rings. The van der Waals surface area contributed by atoms with Gasteiger partial charge in [-0.2, -0.15) is 0 Å². The summed E-state index contributed by atoms with van der Waals surface area (Å²) in [7, 11) is 3.37. The Balaban J connectivity index is 1.22. The Hall–Kier alpha value is -4.10. The number of nitrogens with zero attached hydrogens (tertiary/aromatic N) is 6. The predicted octanol–water partition coefficient (Wildman–Crippen LogP) is 6.13. The number of carbonyl (C=O) groups excluding carboxylic acids is 1. The summed E-state index contributed by atoms with van der Waals surface area (Å²) in [5.74, 6) is -0.516. The molecule has 0 spiro atoms. The van der Waals surface area contributed by atoms with Crippen molar-refractivity contribution in [1.82, 2.24) is 29.3 Å². The van der Waals surface area contributed by atoms with Crippen molar-refractivity contribution in [2.75, 3.05) is 45.3 Å². The average Bonchev–Trinajstić information content (AvgIpc) is 3.64. The number of benzene rings is 1. The lowest BCUT2D eigenvalue weighted by molar-refractivity contribution is -0.147. The number of rotatable bonds is 11. The maximum atomic E-state index is 13.5. The van der Waals surface area contributed by atoms with Crippen LogP contribution in [-0.4, -0.2) is 86.3 Å². The third-order valence-electron chi connectivity index (χ3n) is 9.41. The lowest BCUT2D eigenvalue weighted by Crippen LogP contribution is -2.32. The summed E-state index contributed by atoms with van der Waals surface area (Å²) in [4.78, 5) is 43.3. The Morgan fingerprint density at radius 3 is 2.63 bits per heavy atom. The third-order valence-corrected chi connectivity index (χ3v) is 10.2. The molecule has 1 unspecified atom stereocenters. The van der Waals surface area contributed by atoms with E-state index >= 15 is 0 Å². The van der Waals surface area contributed by atoms with Gasteiger partial charge in [-0.3, -0.25) is 28.8 Å². The summed E-state index contributed by atoms with van der Waals surface area (Å²) in [5, 5.41) is 13.1. The predicted molar refractivity (Wildman–Crippen MR) is 186 cm³/mol. The Labute approximate surface area is 294 Å². The molecule has 0 aliphatic carbocycles. The maximum Gasteiger partial charge on any atom is 0.310 e. The smallest absolute Gasteiger partial charge is 0.310 e. The molecule has 0 radical (unpaired) electrons. The fraction of sp³-hybridized carbons (Fsp3) is 0.400. The Bertz CT molecular complexity index is 1900. The molecule has 14 heteroatoms. The van der Waals surface area contributed by atoms with Crippen LogP contribution in [0.4, 0.5) is 10.1 Å². The largest absolute Gasteiger partial charge is 0.481 e. The van der Waals surface area contributed by atoms with E-state index in [4.69, 9.17) is 32.9 Å². The minimum Gasteiger partial charge on any atom is -0.481 e. The number of likely N-dealkylation sites (tertiary alicyclic amines) is 1. The maximum absolute atomic E-state index is 13.5. The highest BCUT2D eigenvalue weighted by Gasteiger charge is 2.40. The van der Waals surface area contributed by atoms with Gasteiger partial charge in [0.1, 0.15) is 0 Å². The van der Waals surface area contributed by atoms with Crippen molar-refractivity contribution in [2.24, 2.45) is 12.5 Å². The fourth-order valence-corrected chi connectivity index (χ4v) is 7.17. The lowest BCUT2D eigenvalue weighted by atomic mass is 9.90. The summed E-state index contributed by atoms with van der Waals surface area (Å²) in [5.41, 5.74) is 4.36. The van der Waals surface area contributed by atoms with Gasteiger partial charge in [-0.05, 0) is 44.5 Å². The molecule has 6 rings (SSSR count). The number of nitrogens with one attached hydrogen (secondary N) is 1. The number of aromatic nitrogens is 4. The number of anilines is 1. The van der Waals surface area contributed by atoms with Crippen LogP contribution < -0.4 is 10.1 Å². The minimum absolute atomic E-state index is 0.263. The highest BCUT2D eigenvalue weighted by atomic mass is 35.5. The van der Waals surface area contributed by atoms with Gasteiger partial charge in [-0.1, -0.05) is 41.4 Å². The number of aliphatic carboxylic acids is 1. The lowest BCUT2D eigenvalue weighted by Gasteiger charge is -2.26. The topological polar surface area (TPSA) is 126 Å². The van der Waals surface area contributed by atoms with E-state index in [-0.39, 0.29) is 17.5 Å². The number of carbonyl (C=O) groups is 2. The van der Waals surface area contributed by atoms with Crippen LogP contribution in [0.2, 0.25) is 10.0 Å². The van der Waals surface area contributed by atoms with Gasteiger partial charge in [0.2, 0.25) is 5.88 Å². The first-order valence-electron chi connectivity index (χ1n) is 16.1. The first-order valence-corrected chi connectivity index (χ1v) is 16.9. The number of carboxylic acids is 1. The van der Waals surface area contributed by atoms with Crippen LogP contribution >= 0.6 is 23.2 Å². The Kier molecular flexibility index (Phi) is 10.2. The molecule has 0 bridgehead atoms. The molecule has 11 nitrogen and oxygen atoms in total. The van der Waals surface area contributed by atoms with Crippen molar-refractivity contribution in [3.8, 4) is 28.4 Å². The molecule has 1 aromatic carbocycles. The number of carboxylic acid groups (broad SMARTS) is 1. The van der Waals surface area contributed by atoms with Crippen LogP contribution in [0.15, 0.2) is 42.6 Å². The molecule has 1 saturated heterocycles. The SMILES string of the molecule is COc1nc(-c2ccnc(-c3cccc(NC(=O)c4nc5c(n4C)CCN(CCCF)C5)c3Cl)c2Cl)ccc1CN1CCC(C)(C(=O)O)C1. The van der Waals surface area contributed by atoms with E-state index in [2.05, 4.69) is 25.1 Å². The highest BCUT2D eigenvalue weighted by molar-refractivity contribution is 6.39. The molecule has 0 saturated carbocycles. The number of amides is 1. The second kappa shape index (κ2) is 14.4. The summed E-state index contributed by atoms with van der Waals surface area (Å²) in [6, 6.07) is 10.8. The van der Waals surface area contributed by atoms with Gasteiger partial charge >= 0.3 is 5.97 Å². The standard InChI is InChI=1S/C35H38Cl2FN7O4/c1-35(34(47)48)12-17-45(20-35)18-21-8-9-24(42-33(21)49-3)22-10-14-39-30(29(22)37)23-6-4-7-25(28(23)36)41-32(46)31-40-26-19-44(15-5-13-38)16-11-27(26)43(31)2/h4,6-10,14H,5,11-13,15-20H2,1-3H3,(H,41,46)(H,47,48). The molecule has 2 aliphatic rings. The van der Waals surface area contributed by atoms with Crippen LogP contribution in [-0.2, 0) is 31.4 Å². The van der Waals surface area contributed by atoms with Gasteiger partial charge in [0.05, 0.1) is 52.0 Å². The number of methoxy groups -OCH3 is 1. The average molecular weight is 711 g/mol. The monoisotopic (exact) mass is 709 g/mol. The summed E-state index contributed by atoms with van der Waals surface area (Å²) in [6.45, 7) is 5.03. The van der Waals surface area contributed by atoms with Crippen LogP contribution in [0.1, 0.15) is 47.3 Å². The minimum atomic E-state index is -0.794. The second-order valence-corrected chi connectivity index (χ2v) is 13.5. The molecule has 49 heavy (non-hydrogen) atoms.